The summed E-state index contributed by atoms with van der Waals surface area (Å²) in [5, 5.41) is 0. The fourth-order valence-electron chi connectivity index (χ4n) is 1.10. The molecule has 0 saturated heterocycles. The molecule has 1 rings (SSSR count). The molecule has 0 spiro atoms. The summed E-state index contributed by atoms with van der Waals surface area (Å²) >= 11 is 0. The van der Waals surface area contributed by atoms with Gasteiger partial charge in [-0.1, -0.05) is 0 Å². The Bertz CT molecular complexity index is 284. The lowest BCUT2D eigenvalue weighted by molar-refractivity contribution is 0.0889. The number of anilines is 1. The van der Waals surface area contributed by atoms with Gasteiger partial charge in [-0.05, 0) is 13.8 Å². The molecule has 0 aromatic carbocycles. The second kappa shape index (κ2) is 4.76. The van der Waals surface area contributed by atoms with E-state index in [4.69, 9.17) is 15.2 Å². The van der Waals surface area contributed by atoms with Gasteiger partial charge in [-0.3, -0.25) is 0 Å². The minimum atomic E-state index is -0.0475. The SMILES string of the molecule is COCC(C)Oc1cc(C)nc(N)n1. The largest absolute Gasteiger partial charge is 0.472 e. The molecule has 5 nitrogen and oxygen atoms in total. The Morgan fingerprint density at radius 3 is 2.79 bits per heavy atom. The summed E-state index contributed by atoms with van der Waals surface area (Å²) in [5.41, 5.74) is 6.26. The van der Waals surface area contributed by atoms with Crippen molar-refractivity contribution in [2.45, 2.75) is 20.0 Å². The van der Waals surface area contributed by atoms with Crippen LogP contribution in [0.2, 0.25) is 0 Å². The fourth-order valence-corrected chi connectivity index (χ4v) is 1.10. The fraction of sp³-hybridized carbons (Fsp3) is 0.556. The summed E-state index contributed by atoms with van der Waals surface area (Å²) in [7, 11) is 1.62. The van der Waals surface area contributed by atoms with Crippen molar-refractivity contribution in [3.63, 3.8) is 0 Å². The summed E-state index contributed by atoms with van der Waals surface area (Å²) in [5.74, 6) is 0.712. The van der Waals surface area contributed by atoms with E-state index < -0.39 is 0 Å². The van der Waals surface area contributed by atoms with Gasteiger partial charge in [0, 0.05) is 18.9 Å². The Morgan fingerprint density at radius 1 is 1.50 bits per heavy atom. The Kier molecular flexibility index (Phi) is 3.64. The van der Waals surface area contributed by atoms with Crippen LogP contribution < -0.4 is 10.5 Å². The quantitative estimate of drug-likeness (QED) is 0.772. The van der Waals surface area contributed by atoms with Gasteiger partial charge in [0.05, 0.1) is 6.61 Å². The zero-order valence-corrected chi connectivity index (χ0v) is 8.65. The van der Waals surface area contributed by atoms with Crippen LogP contribution in [0.3, 0.4) is 0 Å². The van der Waals surface area contributed by atoms with Gasteiger partial charge in [0.25, 0.3) is 0 Å². The van der Waals surface area contributed by atoms with Gasteiger partial charge in [0.15, 0.2) is 0 Å². The molecule has 1 heterocycles. The number of nitrogens with zero attached hydrogens (tertiary/aromatic N) is 2. The third-order valence-corrected chi connectivity index (χ3v) is 1.57. The lowest BCUT2D eigenvalue weighted by atomic mass is 10.4. The number of hydrogen-bond acceptors (Lipinski definition) is 5. The molecule has 1 unspecified atom stereocenters. The topological polar surface area (TPSA) is 70.3 Å². The normalized spacial score (nSPS) is 12.5. The summed E-state index contributed by atoms with van der Waals surface area (Å²) in [6, 6.07) is 1.74. The van der Waals surface area contributed by atoms with E-state index in [0.29, 0.717) is 12.5 Å². The Morgan fingerprint density at radius 2 is 2.21 bits per heavy atom. The molecule has 0 bridgehead atoms. The molecule has 0 fully saturated rings. The van der Waals surface area contributed by atoms with Crippen molar-refractivity contribution in [1.82, 2.24) is 9.97 Å². The Balaban J connectivity index is 2.66. The summed E-state index contributed by atoms with van der Waals surface area (Å²) in [6.45, 7) is 4.26. The van der Waals surface area contributed by atoms with Gasteiger partial charge >= 0.3 is 0 Å². The molecule has 5 heteroatoms. The van der Waals surface area contributed by atoms with Gasteiger partial charge in [-0.15, -0.1) is 0 Å². The van der Waals surface area contributed by atoms with Crippen molar-refractivity contribution < 1.29 is 9.47 Å². The molecule has 1 aromatic heterocycles. The van der Waals surface area contributed by atoms with Crippen LogP contribution in [0.15, 0.2) is 6.07 Å². The number of aryl methyl sites for hydroxylation is 1. The smallest absolute Gasteiger partial charge is 0.223 e. The second-order valence-electron chi connectivity index (χ2n) is 3.09. The standard InChI is InChI=1S/C9H15N3O2/c1-6-4-8(12-9(10)11-6)14-7(2)5-13-3/h4,7H,5H2,1-3H3,(H2,10,11,12). The lowest BCUT2D eigenvalue weighted by Crippen LogP contribution is -2.19. The van der Waals surface area contributed by atoms with Gasteiger partial charge in [0.1, 0.15) is 6.10 Å². The maximum Gasteiger partial charge on any atom is 0.223 e. The van der Waals surface area contributed by atoms with Gasteiger partial charge in [-0.25, -0.2) is 4.98 Å². The molecular weight excluding hydrogens is 182 g/mol. The molecular formula is C9H15N3O2. The van der Waals surface area contributed by atoms with Crippen molar-refractivity contribution in [2.75, 3.05) is 19.5 Å². The molecule has 0 aliphatic heterocycles. The molecule has 0 aliphatic carbocycles. The highest BCUT2D eigenvalue weighted by Crippen LogP contribution is 2.11. The van der Waals surface area contributed by atoms with Crippen LogP contribution in [-0.4, -0.2) is 29.8 Å². The van der Waals surface area contributed by atoms with Crippen LogP contribution in [0.1, 0.15) is 12.6 Å². The van der Waals surface area contributed by atoms with Gasteiger partial charge in [0.2, 0.25) is 11.8 Å². The summed E-state index contributed by atoms with van der Waals surface area (Å²) in [6.07, 6.45) is -0.0475. The van der Waals surface area contributed by atoms with E-state index in [1.807, 2.05) is 13.8 Å². The molecule has 2 N–H and O–H groups in total. The molecule has 1 aromatic rings. The van der Waals surface area contributed by atoms with E-state index in [1.165, 1.54) is 0 Å². The number of aromatic nitrogens is 2. The van der Waals surface area contributed by atoms with E-state index >= 15 is 0 Å². The first-order valence-corrected chi connectivity index (χ1v) is 4.38. The maximum atomic E-state index is 5.48. The van der Waals surface area contributed by atoms with Crippen LogP contribution >= 0.6 is 0 Å². The van der Waals surface area contributed by atoms with Crippen LogP contribution in [0, 0.1) is 6.92 Å². The highest BCUT2D eigenvalue weighted by atomic mass is 16.5. The zero-order valence-electron chi connectivity index (χ0n) is 8.65. The number of nitrogen functional groups attached to an aromatic ring is 1. The number of nitrogens with two attached hydrogens (primary N) is 1. The van der Waals surface area contributed by atoms with Crippen LogP contribution in [0.4, 0.5) is 5.95 Å². The molecule has 1 atom stereocenters. The minimum absolute atomic E-state index is 0.0475. The first-order chi connectivity index (χ1) is 6.61. The van der Waals surface area contributed by atoms with Crippen molar-refractivity contribution >= 4 is 5.95 Å². The lowest BCUT2D eigenvalue weighted by Gasteiger charge is -2.12. The van der Waals surface area contributed by atoms with Crippen LogP contribution in [-0.2, 0) is 4.74 Å². The Hall–Kier alpha value is -1.36. The molecule has 0 aliphatic rings. The third kappa shape index (κ3) is 3.18. The highest BCUT2D eigenvalue weighted by Gasteiger charge is 2.05. The summed E-state index contributed by atoms with van der Waals surface area (Å²) in [4.78, 5) is 7.89. The predicted molar refractivity (Wildman–Crippen MR) is 53.1 cm³/mol. The van der Waals surface area contributed by atoms with Crippen molar-refractivity contribution in [2.24, 2.45) is 0 Å². The number of hydrogen-bond donors (Lipinski definition) is 1. The zero-order chi connectivity index (χ0) is 10.6. The van der Waals surface area contributed by atoms with E-state index in [9.17, 15) is 0 Å². The van der Waals surface area contributed by atoms with E-state index in [0.717, 1.165) is 5.69 Å². The number of rotatable bonds is 4. The van der Waals surface area contributed by atoms with Gasteiger partial charge in [-0.2, -0.15) is 4.98 Å². The van der Waals surface area contributed by atoms with Crippen LogP contribution in [0.25, 0.3) is 0 Å². The average molecular weight is 197 g/mol. The summed E-state index contributed by atoms with van der Waals surface area (Å²) < 4.78 is 10.4. The molecule has 0 amide bonds. The van der Waals surface area contributed by atoms with Crippen LogP contribution in [0.5, 0.6) is 5.88 Å². The first kappa shape index (κ1) is 10.7. The van der Waals surface area contributed by atoms with Gasteiger partial charge < -0.3 is 15.2 Å². The molecule has 0 radical (unpaired) electrons. The van der Waals surface area contributed by atoms with Crippen molar-refractivity contribution in [1.29, 1.82) is 0 Å². The van der Waals surface area contributed by atoms with Crippen molar-refractivity contribution in [3.05, 3.63) is 11.8 Å². The third-order valence-electron chi connectivity index (χ3n) is 1.57. The van der Waals surface area contributed by atoms with Crippen molar-refractivity contribution in [3.8, 4) is 5.88 Å². The Labute approximate surface area is 83.3 Å². The first-order valence-electron chi connectivity index (χ1n) is 4.38. The average Bonchev–Trinajstić information content (AvgIpc) is 2.01. The van der Waals surface area contributed by atoms with E-state index in [2.05, 4.69) is 9.97 Å². The number of methoxy groups -OCH3 is 1. The monoisotopic (exact) mass is 197 g/mol. The number of ether oxygens (including phenoxy) is 2. The molecule has 78 valence electrons. The highest BCUT2D eigenvalue weighted by molar-refractivity contribution is 5.25. The predicted octanol–water partition coefficient (Wildman–Crippen LogP) is 0.781. The molecule has 14 heavy (non-hydrogen) atoms. The van der Waals surface area contributed by atoms with E-state index in [1.54, 1.807) is 13.2 Å². The minimum Gasteiger partial charge on any atom is -0.472 e. The van der Waals surface area contributed by atoms with E-state index in [-0.39, 0.29) is 12.1 Å². The maximum absolute atomic E-state index is 5.48. The second-order valence-corrected chi connectivity index (χ2v) is 3.09. The molecule has 0 saturated carbocycles.